The summed E-state index contributed by atoms with van der Waals surface area (Å²) in [4.78, 5) is 12.2. The van der Waals surface area contributed by atoms with Crippen LogP contribution in [0.5, 0.6) is 0 Å². The van der Waals surface area contributed by atoms with E-state index in [-0.39, 0.29) is 18.5 Å². The molecule has 1 N–H and O–H groups in total. The number of hydrogen-bond acceptors (Lipinski definition) is 5. The summed E-state index contributed by atoms with van der Waals surface area (Å²) in [7, 11) is 0. The first-order valence-corrected chi connectivity index (χ1v) is 8.37. The van der Waals surface area contributed by atoms with Crippen LogP contribution >= 0.6 is 0 Å². The Morgan fingerprint density at radius 1 is 1.15 bits per heavy atom. The normalized spacial score (nSPS) is 11.3. The van der Waals surface area contributed by atoms with E-state index in [2.05, 4.69) is 15.5 Å². The number of carbonyl (C=O) groups is 1. The Morgan fingerprint density at radius 2 is 1.96 bits per heavy atom. The molecule has 132 valence electrons. The van der Waals surface area contributed by atoms with Crippen LogP contribution in [-0.2, 0) is 11.3 Å². The Kier molecular flexibility index (Phi) is 4.04. The van der Waals surface area contributed by atoms with Crippen LogP contribution in [0.15, 0.2) is 57.7 Å². The maximum atomic E-state index is 12.2. The molecule has 3 aromatic heterocycles. The van der Waals surface area contributed by atoms with E-state index < -0.39 is 0 Å². The molecular weight excluding hydrogens is 332 g/mol. The highest BCUT2D eigenvalue weighted by molar-refractivity contribution is 5.95. The molecule has 0 radical (unpaired) electrons. The number of amides is 1. The van der Waals surface area contributed by atoms with Crippen LogP contribution in [0.1, 0.15) is 13.8 Å². The molecule has 7 heteroatoms. The molecule has 0 aliphatic rings. The van der Waals surface area contributed by atoms with Crippen LogP contribution in [0.3, 0.4) is 0 Å². The van der Waals surface area contributed by atoms with Gasteiger partial charge in [-0.25, -0.2) is 0 Å². The number of rotatable bonds is 5. The fraction of sp³-hybridized carbons (Fsp3) is 0.211. The number of fused-ring (bicyclic) bond motifs is 1. The molecule has 0 spiro atoms. The van der Waals surface area contributed by atoms with Crippen molar-refractivity contribution < 1.29 is 13.6 Å². The van der Waals surface area contributed by atoms with Crippen molar-refractivity contribution in [1.29, 1.82) is 0 Å². The van der Waals surface area contributed by atoms with Gasteiger partial charge < -0.3 is 18.7 Å². The Labute approximate surface area is 149 Å². The predicted molar refractivity (Wildman–Crippen MR) is 96.2 cm³/mol. The lowest BCUT2D eigenvalue weighted by Gasteiger charge is -2.09. The lowest BCUT2D eigenvalue weighted by molar-refractivity contribution is -0.122. The maximum Gasteiger partial charge on any atom is 0.283 e. The van der Waals surface area contributed by atoms with Gasteiger partial charge in [0, 0.05) is 23.1 Å². The van der Waals surface area contributed by atoms with E-state index >= 15 is 0 Å². The van der Waals surface area contributed by atoms with Crippen molar-refractivity contribution in [2.24, 2.45) is 0 Å². The molecule has 0 unspecified atom stereocenters. The molecule has 1 amide bonds. The van der Waals surface area contributed by atoms with Gasteiger partial charge in [-0.3, -0.25) is 4.79 Å². The molecule has 0 saturated heterocycles. The highest BCUT2D eigenvalue weighted by Gasteiger charge is 2.18. The largest absolute Gasteiger partial charge is 0.459 e. The second-order valence-electron chi connectivity index (χ2n) is 6.30. The quantitative estimate of drug-likeness (QED) is 0.595. The molecule has 0 aliphatic carbocycles. The third-order valence-electron chi connectivity index (χ3n) is 3.94. The van der Waals surface area contributed by atoms with Crippen molar-refractivity contribution in [3.05, 3.63) is 48.9 Å². The van der Waals surface area contributed by atoms with Gasteiger partial charge in [0.1, 0.15) is 6.54 Å². The Hall–Kier alpha value is -3.35. The van der Waals surface area contributed by atoms with Crippen LogP contribution in [0, 0.1) is 0 Å². The second kappa shape index (κ2) is 6.51. The van der Waals surface area contributed by atoms with E-state index in [0.717, 1.165) is 16.5 Å². The molecule has 0 fully saturated rings. The molecule has 1 aromatic carbocycles. The van der Waals surface area contributed by atoms with E-state index in [1.165, 1.54) is 0 Å². The number of para-hydroxylation sites is 1. The van der Waals surface area contributed by atoms with Crippen molar-refractivity contribution in [2.75, 3.05) is 0 Å². The zero-order valence-electron chi connectivity index (χ0n) is 14.5. The van der Waals surface area contributed by atoms with Gasteiger partial charge in [0.05, 0.1) is 11.8 Å². The fourth-order valence-electron chi connectivity index (χ4n) is 2.90. The standard InChI is InChI=1S/C19H18N4O3/c1-12(2)20-17(24)11-23-10-14(13-6-3-4-7-15(13)23)18-21-22-19(26-18)16-8-5-9-25-16/h3-10,12H,11H2,1-2H3,(H,20,24). The average Bonchev–Trinajstić information content (AvgIpc) is 3.34. The monoisotopic (exact) mass is 350 g/mol. The van der Waals surface area contributed by atoms with Crippen LogP contribution < -0.4 is 5.32 Å². The van der Waals surface area contributed by atoms with Gasteiger partial charge in [0.25, 0.3) is 5.89 Å². The summed E-state index contributed by atoms with van der Waals surface area (Å²) in [5.74, 6) is 1.17. The minimum Gasteiger partial charge on any atom is -0.459 e. The zero-order valence-corrected chi connectivity index (χ0v) is 14.5. The third-order valence-corrected chi connectivity index (χ3v) is 3.94. The SMILES string of the molecule is CC(C)NC(=O)Cn1cc(-c2nnc(-c3ccco3)o2)c2ccccc21. The average molecular weight is 350 g/mol. The first-order chi connectivity index (χ1) is 12.6. The summed E-state index contributed by atoms with van der Waals surface area (Å²) in [6.07, 6.45) is 3.42. The lowest BCUT2D eigenvalue weighted by atomic mass is 10.2. The predicted octanol–water partition coefficient (Wildman–Crippen LogP) is 3.48. The topological polar surface area (TPSA) is 86.1 Å². The summed E-state index contributed by atoms with van der Waals surface area (Å²) in [6, 6.07) is 11.4. The first-order valence-electron chi connectivity index (χ1n) is 8.37. The van der Waals surface area contributed by atoms with Gasteiger partial charge in [-0.2, -0.15) is 0 Å². The number of furan rings is 1. The minimum absolute atomic E-state index is 0.0471. The van der Waals surface area contributed by atoms with Crippen molar-refractivity contribution in [1.82, 2.24) is 20.1 Å². The number of hydrogen-bond donors (Lipinski definition) is 1. The zero-order chi connectivity index (χ0) is 18.1. The maximum absolute atomic E-state index is 12.2. The van der Waals surface area contributed by atoms with E-state index in [0.29, 0.717) is 17.5 Å². The molecule has 7 nitrogen and oxygen atoms in total. The molecule has 0 aliphatic heterocycles. The van der Waals surface area contributed by atoms with Gasteiger partial charge in [-0.15, -0.1) is 10.2 Å². The highest BCUT2D eigenvalue weighted by Crippen LogP contribution is 2.31. The van der Waals surface area contributed by atoms with Gasteiger partial charge in [-0.05, 0) is 32.0 Å². The van der Waals surface area contributed by atoms with Crippen LogP contribution in [0.25, 0.3) is 34.0 Å². The van der Waals surface area contributed by atoms with Gasteiger partial charge in [0.2, 0.25) is 11.8 Å². The van der Waals surface area contributed by atoms with Crippen LogP contribution in [0.2, 0.25) is 0 Å². The second-order valence-corrected chi connectivity index (χ2v) is 6.30. The summed E-state index contributed by atoms with van der Waals surface area (Å²) >= 11 is 0. The molecular formula is C19H18N4O3. The number of benzene rings is 1. The number of nitrogens with zero attached hydrogens (tertiary/aromatic N) is 3. The van der Waals surface area contributed by atoms with Crippen molar-refractivity contribution >= 4 is 16.8 Å². The van der Waals surface area contributed by atoms with E-state index in [9.17, 15) is 4.79 Å². The van der Waals surface area contributed by atoms with Gasteiger partial charge in [-0.1, -0.05) is 18.2 Å². The number of aromatic nitrogens is 3. The molecule has 0 bridgehead atoms. The Balaban J connectivity index is 1.73. The van der Waals surface area contributed by atoms with Crippen LogP contribution in [-0.4, -0.2) is 26.7 Å². The van der Waals surface area contributed by atoms with Gasteiger partial charge >= 0.3 is 0 Å². The molecule has 4 rings (SSSR count). The van der Waals surface area contributed by atoms with Crippen molar-refractivity contribution in [3.8, 4) is 23.1 Å². The summed E-state index contributed by atoms with van der Waals surface area (Å²) in [5.41, 5.74) is 1.71. The molecule has 3 heterocycles. The first kappa shape index (κ1) is 16.1. The lowest BCUT2D eigenvalue weighted by Crippen LogP contribution is -2.32. The number of nitrogens with one attached hydrogen (secondary N) is 1. The fourth-order valence-corrected chi connectivity index (χ4v) is 2.90. The Morgan fingerprint density at radius 3 is 2.73 bits per heavy atom. The highest BCUT2D eigenvalue weighted by atomic mass is 16.4. The molecule has 0 atom stereocenters. The molecule has 0 saturated carbocycles. The van der Waals surface area contributed by atoms with E-state index in [4.69, 9.17) is 8.83 Å². The van der Waals surface area contributed by atoms with Gasteiger partial charge in [0.15, 0.2) is 5.76 Å². The Bertz CT molecular complexity index is 1040. The van der Waals surface area contributed by atoms with E-state index in [1.807, 2.05) is 48.9 Å². The number of carbonyl (C=O) groups excluding carboxylic acids is 1. The van der Waals surface area contributed by atoms with E-state index in [1.54, 1.807) is 18.4 Å². The van der Waals surface area contributed by atoms with Crippen molar-refractivity contribution in [2.45, 2.75) is 26.4 Å². The molecule has 4 aromatic rings. The summed E-state index contributed by atoms with van der Waals surface area (Å²) in [5, 5.41) is 12.0. The summed E-state index contributed by atoms with van der Waals surface area (Å²) in [6.45, 7) is 4.09. The summed E-state index contributed by atoms with van der Waals surface area (Å²) < 4.78 is 13.0. The molecule has 26 heavy (non-hydrogen) atoms. The minimum atomic E-state index is -0.0471. The third kappa shape index (κ3) is 2.99. The van der Waals surface area contributed by atoms with Crippen LogP contribution in [0.4, 0.5) is 0 Å². The smallest absolute Gasteiger partial charge is 0.283 e. The van der Waals surface area contributed by atoms with Crippen molar-refractivity contribution in [3.63, 3.8) is 0 Å².